The van der Waals surface area contributed by atoms with E-state index in [1.54, 1.807) is 24.3 Å². The predicted molar refractivity (Wildman–Crippen MR) is 150 cm³/mol. The van der Waals surface area contributed by atoms with Crippen molar-refractivity contribution in [2.75, 3.05) is 30.8 Å². The Bertz CT molecular complexity index is 1310. The van der Waals surface area contributed by atoms with E-state index >= 15 is 0 Å². The summed E-state index contributed by atoms with van der Waals surface area (Å²) in [6.07, 6.45) is 1.34. The summed E-state index contributed by atoms with van der Waals surface area (Å²) in [5, 5.41) is 2.85. The number of carbonyl (C=O) groups excluding carboxylic acids is 2. The van der Waals surface area contributed by atoms with Crippen molar-refractivity contribution in [1.29, 1.82) is 0 Å². The monoisotopic (exact) mass is 537 g/mol. The summed E-state index contributed by atoms with van der Waals surface area (Å²) in [7, 11) is -2.30. The number of ether oxygens (including phenoxy) is 1. The van der Waals surface area contributed by atoms with Gasteiger partial charge in [0.1, 0.15) is 18.3 Å². The highest BCUT2D eigenvalue weighted by Crippen LogP contribution is 2.23. The van der Waals surface area contributed by atoms with Gasteiger partial charge in [-0.15, -0.1) is 0 Å². The van der Waals surface area contributed by atoms with Gasteiger partial charge in [0.05, 0.1) is 19.1 Å². The van der Waals surface area contributed by atoms with Crippen LogP contribution in [0.15, 0.2) is 78.9 Å². The number of sulfonamides is 1. The molecule has 0 aliphatic carbocycles. The van der Waals surface area contributed by atoms with Gasteiger partial charge in [0.2, 0.25) is 21.8 Å². The number of hydrogen-bond acceptors (Lipinski definition) is 5. The highest BCUT2D eigenvalue weighted by Gasteiger charge is 2.32. The van der Waals surface area contributed by atoms with Crippen molar-refractivity contribution in [3.05, 3.63) is 95.6 Å². The Hall–Kier alpha value is -3.85. The van der Waals surface area contributed by atoms with Crippen LogP contribution in [0.1, 0.15) is 23.6 Å². The van der Waals surface area contributed by atoms with Gasteiger partial charge in [0.25, 0.3) is 0 Å². The SMILES string of the molecule is CCNC(=O)[C@@H](Cc1ccccc1)N(Cc1ccc(C)cc1)C(=O)CN(c1ccc(OC)cc1)S(C)(=O)=O. The Balaban J connectivity index is 2.01. The van der Waals surface area contributed by atoms with E-state index in [2.05, 4.69) is 5.32 Å². The molecule has 0 radical (unpaired) electrons. The van der Waals surface area contributed by atoms with E-state index in [1.807, 2.05) is 68.4 Å². The first kappa shape index (κ1) is 28.7. The molecule has 0 saturated heterocycles. The minimum absolute atomic E-state index is 0.147. The number of aryl methyl sites for hydroxylation is 1. The zero-order valence-corrected chi connectivity index (χ0v) is 23.1. The first-order valence-corrected chi connectivity index (χ1v) is 14.3. The van der Waals surface area contributed by atoms with Gasteiger partial charge in [0, 0.05) is 19.5 Å². The number of rotatable bonds is 12. The number of likely N-dealkylation sites (N-methyl/N-ethyl adjacent to an activating group) is 1. The fourth-order valence-corrected chi connectivity index (χ4v) is 4.95. The van der Waals surface area contributed by atoms with Gasteiger partial charge < -0.3 is 15.0 Å². The average molecular weight is 538 g/mol. The fourth-order valence-electron chi connectivity index (χ4n) is 4.10. The summed E-state index contributed by atoms with van der Waals surface area (Å²) >= 11 is 0. The predicted octanol–water partition coefficient (Wildman–Crippen LogP) is 3.55. The van der Waals surface area contributed by atoms with Crippen molar-refractivity contribution >= 4 is 27.5 Å². The van der Waals surface area contributed by atoms with Crippen LogP contribution in [0, 0.1) is 6.92 Å². The number of methoxy groups -OCH3 is 1. The summed E-state index contributed by atoms with van der Waals surface area (Å²) in [5.74, 6) is -0.222. The highest BCUT2D eigenvalue weighted by atomic mass is 32.2. The molecule has 0 spiro atoms. The molecule has 9 heteroatoms. The van der Waals surface area contributed by atoms with Gasteiger partial charge >= 0.3 is 0 Å². The Kier molecular flexibility index (Phi) is 9.90. The Morgan fingerprint density at radius 1 is 0.921 bits per heavy atom. The first-order chi connectivity index (χ1) is 18.1. The van der Waals surface area contributed by atoms with Crippen molar-refractivity contribution in [1.82, 2.24) is 10.2 Å². The normalized spacial score (nSPS) is 11.9. The standard InChI is InChI=1S/C29H35N3O5S/c1-5-30-29(34)27(19-23-9-7-6-8-10-23)31(20-24-13-11-22(2)12-14-24)28(33)21-32(38(4,35)36)25-15-17-26(37-3)18-16-25/h6-18,27H,5,19-21H2,1-4H3,(H,30,34)/t27-/m1/s1. The van der Waals surface area contributed by atoms with Crippen molar-refractivity contribution in [2.45, 2.75) is 32.9 Å². The number of anilines is 1. The van der Waals surface area contributed by atoms with Crippen LogP contribution in [0.5, 0.6) is 5.75 Å². The molecule has 202 valence electrons. The van der Waals surface area contributed by atoms with Gasteiger partial charge in [-0.2, -0.15) is 0 Å². The number of benzene rings is 3. The smallest absolute Gasteiger partial charge is 0.244 e. The third-order valence-corrected chi connectivity index (χ3v) is 7.28. The minimum atomic E-state index is -3.82. The highest BCUT2D eigenvalue weighted by molar-refractivity contribution is 7.92. The second-order valence-corrected chi connectivity index (χ2v) is 11.0. The van der Waals surface area contributed by atoms with Crippen molar-refractivity contribution in [3.8, 4) is 5.75 Å². The number of nitrogens with zero attached hydrogens (tertiary/aromatic N) is 2. The number of amides is 2. The molecule has 8 nitrogen and oxygen atoms in total. The van der Waals surface area contributed by atoms with E-state index in [0.717, 1.165) is 27.3 Å². The molecule has 38 heavy (non-hydrogen) atoms. The summed E-state index contributed by atoms with van der Waals surface area (Å²) in [6, 6.07) is 22.7. The molecule has 0 unspecified atom stereocenters. The molecule has 2 amide bonds. The van der Waals surface area contributed by atoms with Gasteiger partial charge in [-0.25, -0.2) is 8.42 Å². The van der Waals surface area contributed by atoms with Gasteiger partial charge in [-0.05, 0) is 49.2 Å². The summed E-state index contributed by atoms with van der Waals surface area (Å²) in [6.45, 7) is 3.88. The van der Waals surface area contributed by atoms with Crippen LogP contribution in [-0.2, 0) is 32.6 Å². The maximum Gasteiger partial charge on any atom is 0.244 e. The van der Waals surface area contributed by atoms with Crippen molar-refractivity contribution < 1.29 is 22.7 Å². The van der Waals surface area contributed by atoms with E-state index in [1.165, 1.54) is 12.0 Å². The van der Waals surface area contributed by atoms with E-state index < -0.39 is 28.5 Å². The lowest BCUT2D eigenvalue weighted by Gasteiger charge is -2.33. The summed E-state index contributed by atoms with van der Waals surface area (Å²) in [4.78, 5) is 28.7. The Morgan fingerprint density at radius 2 is 1.55 bits per heavy atom. The van der Waals surface area contributed by atoms with Crippen LogP contribution in [-0.4, -0.2) is 57.6 Å². The molecule has 0 heterocycles. The maximum absolute atomic E-state index is 13.9. The number of carbonyl (C=O) groups is 2. The molecule has 0 saturated carbocycles. The van der Waals surface area contributed by atoms with E-state index in [4.69, 9.17) is 4.74 Å². The molecule has 0 fully saturated rings. The van der Waals surface area contributed by atoms with Crippen LogP contribution < -0.4 is 14.4 Å². The third kappa shape index (κ3) is 7.82. The molecule has 3 rings (SSSR count). The molecule has 1 atom stereocenters. The zero-order chi connectivity index (χ0) is 27.7. The van der Waals surface area contributed by atoms with Crippen LogP contribution in [0.4, 0.5) is 5.69 Å². The largest absolute Gasteiger partial charge is 0.497 e. The molecule has 0 aromatic heterocycles. The zero-order valence-electron chi connectivity index (χ0n) is 22.3. The topological polar surface area (TPSA) is 96.0 Å². The molecular weight excluding hydrogens is 502 g/mol. The molecule has 1 N–H and O–H groups in total. The summed E-state index contributed by atoms with van der Waals surface area (Å²) in [5.41, 5.74) is 3.12. The number of hydrogen-bond donors (Lipinski definition) is 1. The maximum atomic E-state index is 13.9. The minimum Gasteiger partial charge on any atom is -0.497 e. The molecule has 3 aromatic rings. The molecule has 0 aliphatic heterocycles. The quantitative estimate of drug-likeness (QED) is 0.381. The van der Waals surface area contributed by atoms with Crippen LogP contribution in [0.25, 0.3) is 0 Å². The molecular formula is C29H35N3O5S. The fraction of sp³-hybridized carbons (Fsp3) is 0.310. The molecule has 0 bridgehead atoms. The lowest BCUT2D eigenvalue weighted by molar-refractivity contribution is -0.140. The Labute approximate surface area is 225 Å². The van der Waals surface area contributed by atoms with Crippen molar-refractivity contribution in [3.63, 3.8) is 0 Å². The van der Waals surface area contributed by atoms with E-state index in [0.29, 0.717) is 18.0 Å². The van der Waals surface area contributed by atoms with Crippen molar-refractivity contribution in [2.24, 2.45) is 0 Å². The summed E-state index contributed by atoms with van der Waals surface area (Å²) < 4.78 is 31.8. The van der Waals surface area contributed by atoms with E-state index in [9.17, 15) is 18.0 Å². The number of nitrogens with one attached hydrogen (secondary N) is 1. The van der Waals surface area contributed by atoms with Gasteiger partial charge in [0.15, 0.2) is 0 Å². The van der Waals surface area contributed by atoms with Crippen LogP contribution in [0.2, 0.25) is 0 Å². The van der Waals surface area contributed by atoms with E-state index in [-0.39, 0.29) is 18.9 Å². The third-order valence-electron chi connectivity index (χ3n) is 6.14. The first-order valence-electron chi connectivity index (χ1n) is 12.4. The average Bonchev–Trinajstić information content (AvgIpc) is 2.90. The van der Waals surface area contributed by atoms with Gasteiger partial charge in [-0.1, -0.05) is 60.2 Å². The molecule has 0 aliphatic rings. The second kappa shape index (κ2) is 13.1. The molecule has 3 aromatic carbocycles. The Morgan fingerprint density at radius 3 is 2.11 bits per heavy atom. The lowest BCUT2D eigenvalue weighted by atomic mass is 10.0. The lowest BCUT2D eigenvalue weighted by Crippen LogP contribution is -2.53. The second-order valence-electron chi connectivity index (χ2n) is 9.07. The van der Waals surface area contributed by atoms with Crippen LogP contribution in [0.3, 0.4) is 0 Å². The van der Waals surface area contributed by atoms with Crippen LogP contribution >= 0.6 is 0 Å². The van der Waals surface area contributed by atoms with Gasteiger partial charge in [-0.3, -0.25) is 13.9 Å².